The minimum atomic E-state index is -0.311. The Bertz CT molecular complexity index is 797. The van der Waals surface area contributed by atoms with E-state index in [9.17, 15) is 4.79 Å². The summed E-state index contributed by atoms with van der Waals surface area (Å²) in [5, 5.41) is 10.6. The van der Waals surface area contributed by atoms with E-state index >= 15 is 0 Å². The number of likely N-dealkylation sites (tertiary alicyclic amines) is 1. The molecule has 0 bridgehead atoms. The van der Waals surface area contributed by atoms with E-state index in [1.54, 1.807) is 0 Å². The molecular formula is C20H26N4O. The third kappa shape index (κ3) is 2.76. The number of aryl methyl sites for hydroxylation is 2. The molecular weight excluding hydrogens is 312 g/mol. The average molecular weight is 338 g/mol. The number of carbonyl (C=O) groups is 1. The zero-order chi connectivity index (χ0) is 17.4. The Morgan fingerprint density at radius 1 is 1.24 bits per heavy atom. The highest BCUT2D eigenvalue weighted by Crippen LogP contribution is 2.38. The quantitative estimate of drug-likeness (QED) is 0.904. The van der Waals surface area contributed by atoms with Crippen molar-refractivity contribution in [3.63, 3.8) is 0 Å². The Morgan fingerprint density at radius 3 is 2.92 bits per heavy atom. The molecule has 2 fully saturated rings. The molecule has 2 aromatic rings. The van der Waals surface area contributed by atoms with Gasteiger partial charge in [-0.1, -0.05) is 17.7 Å². The Morgan fingerprint density at radius 2 is 2.08 bits per heavy atom. The zero-order valence-electron chi connectivity index (χ0n) is 15.1. The van der Waals surface area contributed by atoms with Gasteiger partial charge in [0.05, 0.1) is 11.9 Å². The maximum Gasteiger partial charge on any atom is 0.240 e. The number of piperidine rings is 1. The van der Waals surface area contributed by atoms with Gasteiger partial charge in [0.1, 0.15) is 5.54 Å². The van der Waals surface area contributed by atoms with Crippen molar-refractivity contribution in [1.29, 1.82) is 0 Å². The molecule has 5 nitrogen and oxygen atoms in total. The normalized spacial score (nSPS) is 24.0. The molecule has 1 aromatic heterocycles. The summed E-state index contributed by atoms with van der Waals surface area (Å²) >= 11 is 0. The second-order valence-electron chi connectivity index (χ2n) is 7.50. The van der Waals surface area contributed by atoms with Crippen LogP contribution >= 0.6 is 0 Å². The van der Waals surface area contributed by atoms with Gasteiger partial charge in [-0.15, -0.1) is 0 Å². The molecule has 2 aliphatic heterocycles. The van der Waals surface area contributed by atoms with Crippen molar-refractivity contribution in [2.24, 2.45) is 0 Å². The molecule has 2 saturated heterocycles. The lowest BCUT2D eigenvalue weighted by Crippen LogP contribution is -2.58. The second kappa shape index (κ2) is 6.30. The molecule has 1 spiro atoms. The first-order chi connectivity index (χ1) is 12.1. The Hall–Kier alpha value is -2.14. The molecule has 0 radical (unpaired) electrons. The fourth-order valence-electron chi connectivity index (χ4n) is 4.44. The molecule has 0 saturated carbocycles. The van der Waals surface area contributed by atoms with E-state index in [2.05, 4.69) is 52.5 Å². The van der Waals surface area contributed by atoms with Crippen LogP contribution in [0.2, 0.25) is 0 Å². The van der Waals surface area contributed by atoms with Gasteiger partial charge in [0.2, 0.25) is 5.91 Å². The van der Waals surface area contributed by atoms with Crippen molar-refractivity contribution in [3.8, 4) is 11.3 Å². The van der Waals surface area contributed by atoms with E-state index in [4.69, 9.17) is 0 Å². The predicted molar refractivity (Wildman–Crippen MR) is 98.1 cm³/mol. The molecule has 0 aliphatic carbocycles. The maximum atomic E-state index is 12.6. The number of benzene rings is 1. The summed E-state index contributed by atoms with van der Waals surface area (Å²) in [5.74, 6) is 0.216. The van der Waals surface area contributed by atoms with Crippen molar-refractivity contribution in [2.75, 3.05) is 13.1 Å². The number of aromatic nitrogens is 2. The van der Waals surface area contributed by atoms with Gasteiger partial charge in [0.15, 0.2) is 0 Å². The molecule has 2 aliphatic rings. The number of hydrogen-bond acceptors (Lipinski definition) is 3. The van der Waals surface area contributed by atoms with Gasteiger partial charge in [-0.25, -0.2) is 0 Å². The molecule has 1 unspecified atom stereocenters. The van der Waals surface area contributed by atoms with Crippen LogP contribution in [0.5, 0.6) is 0 Å². The number of aromatic amines is 1. The van der Waals surface area contributed by atoms with Crippen LogP contribution in [0.25, 0.3) is 11.3 Å². The molecule has 4 rings (SSSR count). The van der Waals surface area contributed by atoms with Crippen molar-refractivity contribution in [2.45, 2.75) is 51.6 Å². The van der Waals surface area contributed by atoms with Crippen LogP contribution < -0.4 is 5.32 Å². The Balaban J connectivity index is 1.65. The van der Waals surface area contributed by atoms with E-state index in [0.29, 0.717) is 0 Å². The van der Waals surface area contributed by atoms with Crippen LogP contribution in [0.1, 0.15) is 42.4 Å². The van der Waals surface area contributed by atoms with Crippen LogP contribution in [0, 0.1) is 13.8 Å². The fourth-order valence-corrected chi connectivity index (χ4v) is 4.44. The summed E-state index contributed by atoms with van der Waals surface area (Å²) in [7, 11) is 0. The van der Waals surface area contributed by atoms with Gasteiger partial charge in [0, 0.05) is 24.2 Å². The maximum absolute atomic E-state index is 12.6. The van der Waals surface area contributed by atoms with Crippen molar-refractivity contribution < 1.29 is 4.79 Å². The first kappa shape index (κ1) is 16.3. The summed E-state index contributed by atoms with van der Waals surface area (Å²) in [6.07, 6.45) is 6.01. The fraction of sp³-hybridized carbons (Fsp3) is 0.500. The first-order valence-corrected chi connectivity index (χ1v) is 9.23. The molecule has 3 heterocycles. The van der Waals surface area contributed by atoms with E-state index in [0.717, 1.165) is 51.0 Å². The first-order valence-electron chi connectivity index (χ1n) is 9.23. The number of hydrogen-bond donors (Lipinski definition) is 2. The minimum Gasteiger partial charge on any atom is -0.354 e. The number of carbonyl (C=O) groups excluding carboxylic acids is 1. The lowest BCUT2D eigenvalue weighted by atomic mass is 9.86. The SMILES string of the molecule is Cc1ccc(C)c(-c2[nH]ncc2CN2CCCC23CCCNC3=O)c1. The summed E-state index contributed by atoms with van der Waals surface area (Å²) in [4.78, 5) is 15.0. The Kier molecular flexibility index (Phi) is 4.12. The third-order valence-corrected chi connectivity index (χ3v) is 5.84. The largest absolute Gasteiger partial charge is 0.354 e. The van der Waals surface area contributed by atoms with Crippen molar-refractivity contribution in [1.82, 2.24) is 20.4 Å². The average Bonchev–Trinajstić information content (AvgIpc) is 3.21. The van der Waals surface area contributed by atoms with Crippen molar-refractivity contribution >= 4 is 5.91 Å². The van der Waals surface area contributed by atoms with Gasteiger partial charge >= 0.3 is 0 Å². The summed E-state index contributed by atoms with van der Waals surface area (Å²) in [6.45, 7) is 6.80. The van der Waals surface area contributed by atoms with Gasteiger partial charge in [-0.3, -0.25) is 14.8 Å². The van der Waals surface area contributed by atoms with Gasteiger partial charge in [-0.2, -0.15) is 5.10 Å². The third-order valence-electron chi connectivity index (χ3n) is 5.84. The monoisotopic (exact) mass is 338 g/mol. The number of nitrogens with one attached hydrogen (secondary N) is 2. The summed E-state index contributed by atoms with van der Waals surface area (Å²) < 4.78 is 0. The van der Waals surface area contributed by atoms with Crippen molar-refractivity contribution in [3.05, 3.63) is 41.1 Å². The number of nitrogens with zero attached hydrogens (tertiary/aromatic N) is 2. The lowest BCUT2D eigenvalue weighted by Gasteiger charge is -2.40. The molecule has 1 aromatic carbocycles. The smallest absolute Gasteiger partial charge is 0.240 e. The molecule has 132 valence electrons. The molecule has 5 heteroatoms. The van der Waals surface area contributed by atoms with E-state index in [1.807, 2.05) is 6.20 Å². The van der Waals surface area contributed by atoms with Crippen LogP contribution in [-0.4, -0.2) is 39.6 Å². The topological polar surface area (TPSA) is 61.0 Å². The molecule has 1 amide bonds. The van der Waals surface area contributed by atoms with E-state index < -0.39 is 0 Å². The van der Waals surface area contributed by atoms with Gasteiger partial charge in [-0.05, 0) is 57.7 Å². The highest BCUT2D eigenvalue weighted by molar-refractivity contribution is 5.87. The standard InChI is InChI=1S/C20H26N4O/c1-14-5-6-15(2)17(11-14)18-16(12-22-23-18)13-24-10-4-8-20(24)7-3-9-21-19(20)25/h5-6,11-12H,3-4,7-10,13H2,1-2H3,(H,21,25)(H,22,23). The van der Waals surface area contributed by atoms with Crippen LogP contribution in [0.3, 0.4) is 0 Å². The van der Waals surface area contributed by atoms with Crippen LogP contribution in [0.15, 0.2) is 24.4 Å². The molecule has 2 N–H and O–H groups in total. The number of H-pyrrole nitrogens is 1. The molecule has 25 heavy (non-hydrogen) atoms. The van der Waals surface area contributed by atoms with Crippen LogP contribution in [0.4, 0.5) is 0 Å². The van der Waals surface area contributed by atoms with Crippen LogP contribution in [-0.2, 0) is 11.3 Å². The highest BCUT2D eigenvalue weighted by atomic mass is 16.2. The molecule has 1 atom stereocenters. The minimum absolute atomic E-state index is 0.216. The number of amides is 1. The lowest BCUT2D eigenvalue weighted by molar-refractivity contribution is -0.134. The summed E-state index contributed by atoms with van der Waals surface area (Å²) in [5.41, 5.74) is 5.63. The second-order valence-corrected chi connectivity index (χ2v) is 7.50. The Labute approximate surface area is 148 Å². The summed E-state index contributed by atoms with van der Waals surface area (Å²) in [6, 6.07) is 6.50. The van der Waals surface area contributed by atoms with E-state index in [1.165, 1.54) is 22.3 Å². The van der Waals surface area contributed by atoms with Gasteiger partial charge < -0.3 is 5.32 Å². The number of rotatable bonds is 3. The highest BCUT2D eigenvalue weighted by Gasteiger charge is 2.48. The predicted octanol–water partition coefficient (Wildman–Crippen LogP) is 2.94. The van der Waals surface area contributed by atoms with E-state index in [-0.39, 0.29) is 11.4 Å². The van der Waals surface area contributed by atoms with Gasteiger partial charge in [0.25, 0.3) is 0 Å². The zero-order valence-corrected chi connectivity index (χ0v) is 15.1.